The minimum Gasteiger partial charge on any atom is -0.466 e. The van der Waals surface area contributed by atoms with Crippen LogP contribution in [0.4, 0.5) is 0 Å². The number of rotatable bonds is 13. The Labute approximate surface area is 202 Å². The number of ether oxygens (including phenoxy) is 1. The fourth-order valence-corrected chi connectivity index (χ4v) is 7.69. The summed E-state index contributed by atoms with van der Waals surface area (Å²) in [5.41, 5.74) is 1.86. The van der Waals surface area contributed by atoms with Gasteiger partial charge in [0.15, 0.2) is 11.6 Å². The van der Waals surface area contributed by atoms with E-state index in [1.54, 1.807) is 36.5 Å². The highest BCUT2D eigenvalue weighted by Gasteiger charge is 2.45. The van der Waals surface area contributed by atoms with Crippen LogP contribution in [0.1, 0.15) is 59.8 Å². The number of Topliss-reactive ketones (excluding diaryl/α,β-unsaturated/α-hetero) is 1. The SMILES string of the molecule is C=CCC/C(C)=C/C(=O)/C=C(\CC1([C@@H](CC(=O)C(=C)C)C(C)C)SCCCS1)C(=O)OC. The quantitative estimate of drug-likeness (QED) is 0.175. The molecule has 1 aliphatic heterocycles. The zero-order chi connectivity index (χ0) is 24.3. The Bertz CT molecular complexity index is 771. The van der Waals surface area contributed by atoms with Crippen LogP contribution in [0, 0.1) is 11.8 Å². The lowest BCUT2D eigenvalue weighted by molar-refractivity contribution is -0.136. The number of hydrogen-bond acceptors (Lipinski definition) is 6. The van der Waals surface area contributed by atoms with Gasteiger partial charge in [-0.25, -0.2) is 4.79 Å². The molecule has 1 aliphatic rings. The van der Waals surface area contributed by atoms with Crippen LogP contribution in [0.5, 0.6) is 0 Å². The van der Waals surface area contributed by atoms with Crippen molar-refractivity contribution >= 4 is 41.1 Å². The first-order valence-electron chi connectivity index (χ1n) is 11.1. The van der Waals surface area contributed by atoms with E-state index >= 15 is 0 Å². The molecule has 0 aromatic carbocycles. The second-order valence-corrected chi connectivity index (χ2v) is 11.8. The summed E-state index contributed by atoms with van der Waals surface area (Å²) in [6.45, 7) is 15.4. The number of carbonyl (C=O) groups is 3. The highest BCUT2D eigenvalue weighted by atomic mass is 32.2. The van der Waals surface area contributed by atoms with Crippen LogP contribution in [-0.4, -0.2) is 40.2 Å². The summed E-state index contributed by atoms with van der Waals surface area (Å²) in [4.78, 5) is 38.0. The minimum absolute atomic E-state index is 0.0371. The summed E-state index contributed by atoms with van der Waals surface area (Å²) < 4.78 is 4.66. The van der Waals surface area contributed by atoms with E-state index in [9.17, 15) is 14.4 Å². The lowest BCUT2D eigenvalue weighted by Crippen LogP contribution is -2.40. The lowest BCUT2D eigenvalue weighted by Gasteiger charge is -2.44. The maximum atomic E-state index is 12.7. The first-order valence-corrected chi connectivity index (χ1v) is 13.1. The topological polar surface area (TPSA) is 60.4 Å². The molecule has 0 radical (unpaired) electrons. The lowest BCUT2D eigenvalue weighted by atomic mass is 9.83. The van der Waals surface area contributed by atoms with Gasteiger partial charge in [0, 0.05) is 18.4 Å². The number of allylic oxidation sites excluding steroid dienone is 5. The summed E-state index contributed by atoms with van der Waals surface area (Å²) in [5.74, 6) is 1.53. The molecule has 1 fully saturated rings. The summed E-state index contributed by atoms with van der Waals surface area (Å²) in [7, 11) is 1.34. The van der Waals surface area contributed by atoms with E-state index in [-0.39, 0.29) is 27.5 Å². The van der Waals surface area contributed by atoms with Gasteiger partial charge in [0.05, 0.1) is 11.2 Å². The van der Waals surface area contributed by atoms with Crippen molar-refractivity contribution in [2.75, 3.05) is 18.6 Å². The van der Waals surface area contributed by atoms with E-state index in [1.165, 1.54) is 13.2 Å². The summed E-state index contributed by atoms with van der Waals surface area (Å²) >= 11 is 3.61. The molecule has 0 spiro atoms. The maximum absolute atomic E-state index is 12.7. The molecule has 4 nitrogen and oxygen atoms in total. The third-order valence-electron chi connectivity index (χ3n) is 5.56. The number of ketones is 2. The molecule has 1 heterocycles. The fraction of sp³-hybridized carbons (Fsp3) is 0.577. The van der Waals surface area contributed by atoms with E-state index < -0.39 is 5.97 Å². The average Bonchev–Trinajstić information content (AvgIpc) is 2.74. The van der Waals surface area contributed by atoms with Crippen LogP contribution in [0.15, 0.2) is 48.1 Å². The van der Waals surface area contributed by atoms with Gasteiger partial charge in [0.1, 0.15) is 0 Å². The van der Waals surface area contributed by atoms with Gasteiger partial charge in [0.2, 0.25) is 0 Å². The van der Waals surface area contributed by atoms with Crippen molar-refractivity contribution in [2.24, 2.45) is 11.8 Å². The van der Waals surface area contributed by atoms with Crippen LogP contribution in [0.25, 0.3) is 0 Å². The summed E-state index contributed by atoms with van der Waals surface area (Å²) in [6.07, 6.45) is 8.21. The smallest absolute Gasteiger partial charge is 0.333 e. The molecule has 0 N–H and O–H groups in total. The van der Waals surface area contributed by atoms with Crippen molar-refractivity contribution in [1.82, 2.24) is 0 Å². The number of hydrogen-bond donors (Lipinski definition) is 0. The molecular weight excluding hydrogens is 440 g/mol. The molecule has 32 heavy (non-hydrogen) atoms. The predicted molar refractivity (Wildman–Crippen MR) is 138 cm³/mol. The molecule has 6 heteroatoms. The molecular formula is C26H38O4S2. The van der Waals surface area contributed by atoms with Crippen molar-refractivity contribution in [3.05, 3.63) is 48.1 Å². The molecule has 1 saturated heterocycles. The molecule has 178 valence electrons. The Kier molecular flexibility index (Phi) is 12.4. The molecule has 0 aromatic heterocycles. The number of thioether (sulfide) groups is 2. The van der Waals surface area contributed by atoms with E-state index in [0.29, 0.717) is 24.0 Å². The zero-order valence-corrected chi connectivity index (χ0v) is 21.8. The Morgan fingerprint density at radius 3 is 2.25 bits per heavy atom. The highest BCUT2D eigenvalue weighted by molar-refractivity contribution is 8.18. The van der Waals surface area contributed by atoms with Crippen molar-refractivity contribution in [1.29, 1.82) is 0 Å². The Morgan fingerprint density at radius 1 is 1.12 bits per heavy atom. The molecule has 1 rings (SSSR count). The molecule has 0 aromatic rings. The van der Waals surface area contributed by atoms with Crippen LogP contribution < -0.4 is 0 Å². The molecule has 0 aliphatic carbocycles. The van der Waals surface area contributed by atoms with Gasteiger partial charge in [0.25, 0.3) is 0 Å². The van der Waals surface area contributed by atoms with Gasteiger partial charge in [-0.15, -0.1) is 30.1 Å². The van der Waals surface area contributed by atoms with Crippen LogP contribution in [0.2, 0.25) is 0 Å². The maximum Gasteiger partial charge on any atom is 0.333 e. The van der Waals surface area contributed by atoms with E-state index in [0.717, 1.165) is 36.3 Å². The Morgan fingerprint density at radius 2 is 1.75 bits per heavy atom. The normalized spacial score (nSPS) is 17.6. The van der Waals surface area contributed by atoms with Gasteiger partial charge >= 0.3 is 5.97 Å². The van der Waals surface area contributed by atoms with Crippen LogP contribution in [-0.2, 0) is 19.1 Å². The van der Waals surface area contributed by atoms with Crippen molar-refractivity contribution in [2.45, 2.75) is 63.9 Å². The van der Waals surface area contributed by atoms with E-state index in [1.807, 2.05) is 13.0 Å². The molecule has 0 unspecified atom stereocenters. The first-order chi connectivity index (χ1) is 15.1. The molecule has 1 atom stereocenters. The zero-order valence-electron chi connectivity index (χ0n) is 20.2. The second-order valence-electron chi connectivity index (χ2n) is 8.68. The summed E-state index contributed by atoms with van der Waals surface area (Å²) in [5, 5.41) is 0. The average molecular weight is 479 g/mol. The van der Waals surface area contributed by atoms with Crippen LogP contribution >= 0.6 is 23.5 Å². The summed E-state index contributed by atoms with van der Waals surface area (Å²) in [6, 6.07) is 0. The third kappa shape index (κ3) is 8.78. The molecule has 0 amide bonds. The largest absolute Gasteiger partial charge is 0.466 e. The van der Waals surface area contributed by atoms with Gasteiger partial charge < -0.3 is 4.74 Å². The first kappa shape index (κ1) is 28.5. The van der Waals surface area contributed by atoms with E-state index in [2.05, 4.69) is 27.0 Å². The Balaban J connectivity index is 3.33. The number of methoxy groups -OCH3 is 1. The van der Waals surface area contributed by atoms with Gasteiger partial charge in [-0.05, 0) is 74.2 Å². The molecule has 0 saturated carbocycles. The van der Waals surface area contributed by atoms with Crippen molar-refractivity contribution in [3.63, 3.8) is 0 Å². The van der Waals surface area contributed by atoms with Crippen LogP contribution in [0.3, 0.4) is 0 Å². The highest BCUT2D eigenvalue weighted by Crippen LogP contribution is 2.54. The monoisotopic (exact) mass is 478 g/mol. The van der Waals surface area contributed by atoms with E-state index in [4.69, 9.17) is 4.74 Å². The Hall–Kier alpha value is -1.53. The molecule has 0 bridgehead atoms. The van der Waals surface area contributed by atoms with Crippen molar-refractivity contribution in [3.8, 4) is 0 Å². The minimum atomic E-state index is -0.490. The number of esters is 1. The fourth-order valence-electron chi connectivity index (χ4n) is 3.75. The predicted octanol–water partition coefficient (Wildman–Crippen LogP) is 6.33. The second kappa shape index (κ2) is 13.9. The van der Waals surface area contributed by atoms with Crippen molar-refractivity contribution < 1.29 is 19.1 Å². The van der Waals surface area contributed by atoms with Gasteiger partial charge in [-0.1, -0.05) is 32.1 Å². The number of carbonyl (C=O) groups excluding carboxylic acids is 3. The standard InChI is InChI=1S/C26H38O4S2/c1-8-9-11-20(6)14-22(27)15-21(25(29)30-7)17-26(31-12-10-13-32-26)23(18(2)3)16-24(28)19(4)5/h8,14-15,18,23H,1,4,9-13,16-17H2,2-3,5-7H3/b20-14+,21-15+/t23-/m0/s1. The van der Waals surface area contributed by atoms with Gasteiger partial charge in [-0.2, -0.15) is 0 Å². The third-order valence-corrected chi connectivity index (χ3v) is 9.13. The van der Waals surface area contributed by atoms with Gasteiger partial charge in [-0.3, -0.25) is 9.59 Å².